The van der Waals surface area contributed by atoms with Gasteiger partial charge in [0.2, 0.25) is 0 Å². The van der Waals surface area contributed by atoms with Crippen LogP contribution in [0.4, 0.5) is 0 Å². The van der Waals surface area contributed by atoms with Crippen molar-refractivity contribution in [3.05, 3.63) is 46.0 Å². The van der Waals surface area contributed by atoms with E-state index in [9.17, 15) is 14.4 Å². The first-order valence-corrected chi connectivity index (χ1v) is 8.59. The van der Waals surface area contributed by atoms with Crippen molar-refractivity contribution < 1.29 is 14.4 Å². The van der Waals surface area contributed by atoms with E-state index < -0.39 is 0 Å². The van der Waals surface area contributed by atoms with Gasteiger partial charge in [-0.05, 0) is 60.6 Å². The first-order chi connectivity index (χ1) is 12.4. The molecule has 2 aromatic rings. The van der Waals surface area contributed by atoms with E-state index in [1.54, 1.807) is 30.7 Å². The highest BCUT2D eigenvalue weighted by Crippen LogP contribution is 2.15. The summed E-state index contributed by atoms with van der Waals surface area (Å²) in [5.41, 5.74) is 5.15. The van der Waals surface area contributed by atoms with Gasteiger partial charge in [-0.3, -0.25) is 19.1 Å². The Hall–Kier alpha value is -2.96. The molecule has 0 aliphatic rings. The molecule has 7 nitrogen and oxygen atoms in total. The maximum atomic E-state index is 11.3. The summed E-state index contributed by atoms with van der Waals surface area (Å²) >= 11 is 0. The third kappa shape index (κ3) is 5.03. The highest BCUT2D eigenvalue weighted by atomic mass is 16.1. The van der Waals surface area contributed by atoms with Gasteiger partial charge < -0.3 is 5.84 Å². The summed E-state index contributed by atoms with van der Waals surface area (Å²) in [6.45, 7) is 13.6. The van der Waals surface area contributed by atoms with Gasteiger partial charge in [0.1, 0.15) is 5.71 Å². The number of hydrogen-bond donors (Lipinski definition) is 1. The predicted molar refractivity (Wildman–Crippen MR) is 107 cm³/mol. The number of nitrogens with zero attached hydrogens (tertiary/aromatic N) is 3. The van der Waals surface area contributed by atoms with Crippen LogP contribution in [0.25, 0.3) is 0 Å². The summed E-state index contributed by atoms with van der Waals surface area (Å²) in [6, 6.07) is 3.59. The van der Waals surface area contributed by atoms with E-state index >= 15 is 0 Å². The first-order valence-electron chi connectivity index (χ1n) is 8.59. The fraction of sp³-hybridized carbons (Fsp3) is 0.400. The number of carbonyl (C=O) groups excluding carboxylic acids is 3. The van der Waals surface area contributed by atoms with E-state index in [1.165, 1.54) is 18.5 Å². The molecule has 0 spiro atoms. The summed E-state index contributed by atoms with van der Waals surface area (Å²) < 4.78 is 3.16. The first kappa shape index (κ1) is 22.1. The summed E-state index contributed by atoms with van der Waals surface area (Å²) in [6.07, 6.45) is 0. The number of nitrogen functional groups attached to an aromatic ring is 1. The van der Waals surface area contributed by atoms with Crippen LogP contribution in [0.5, 0.6) is 0 Å². The Morgan fingerprint density at radius 1 is 0.815 bits per heavy atom. The number of Topliss-reactive ketones (excluding diaryl/α,β-unsaturated/α-hetero) is 3. The van der Waals surface area contributed by atoms with Gasteiger partial charge in [-0.25, -0.2) is 4.68 Å². The SMILES string of the molecule is CC(=O)/C(C)=N\n1c(C)cc(C(C)=O)c1C.CC(=O)c1cc(C)n(N)c1C. The Kier molecular flexibility index (Phi) is 7.05. The smallest absolute Gasteiger partial charge is 0.175 e. The predicted octanol–water partition coefficient (Wildman–Crippen LogP) is 3.14. The van der Waals surface area contributed by atoms with Crippen molar-refractivity contribution in [1.29, 1.82) is 0 Å². The molecule has 2 aromatic heterocycles. The fourth-order valence-electron chi connectivity index (χ4n) is 2.62. The zero-order valence-electron chi connectivity index (χ0n) is 17.3. The largest absolute Gasteiger partial charge is 0.339 e. The van der Waals surface area contributed by atoms with Crippen molar-refractivity contribution in [3.8, 4) is 0 Å². The standard InChI is InChI=1S/C12H16N2O2.C8H12N2O/c1-7-6-12(11(5)16)9(3)14(7)13-8(2)10(4)15;1-5-4-8(7(3)11)6(2)10(5)9/h6H,1-5H3;4H,9H2,1-3H3/b13-8-;. The van der Waals surface area contributed by atoms with Gasteiger partial charge >= 0.3 is 0 Å². The van der Waals surface area contributed by atoms with Gasteiger partial charge in [0, 0.05) is 40.8 Å². The van der Waals surface area contributed by atoms with Gasteiger partial charge in [-0.1, -0.05) is 0 Å². The molecule has 0 saturated heterocycles. The number of ketones is 3. The molecule has 0 amide bonds. The van der Waals surface area contributed by atoms with Gasteiger partial charge in [0.15, 0.2) is 17.3 Å². The van der Waals surface area contributed by atoms with Crippen LogP contribution in [0.1, 0.15) is 71.2 Å². The third-order valence-electron chi connectivity index (χ3n) is 4.40. The van der Waals surface area contributed by atoms with Crippen LogP contribution in [-0.4, -0.2) is 32.4 Å². The quantitative estimate of drug-likeness (QED) is 0.506. The van der Waals surface area contributed by atoms with Crippen molar-refractivity contribution in [2.24, 2.45) is 5.10 Å². The molecular formula is C20H28N4O3. The number of nitrogens with two attached hydrogens (primary N) is 1. The van der Waals surface area contributed by atoms with Crippen molar-refractivity contribution in [2.75, 3.05) is 5.84 Å². The van der Waals surface area contributed by atoms with Gasteiger partial charge in [-0.2, -0.15) is 5.10 Å². The molecule has 0 radical (unpaired) electrons. The summed E-state index contributed by atoms with van der Waals surface area (Å²) in [5, 5.41) is 4.19. The molecule has 0 bridgehead atoms. The molecular weight excluding hydrogens is 344 g/mol. The molecule has 0 aromatic carbocycles. The zero-order valence-corrected chi connectivity index (χ0v) is 17.3. The lowest BCUT2D eigenvalue weighted by atomic mass is 10.2. The molecule has 7 heteroatoms. The number of aryl methyl sites for hydroxylation is 2. The van der Waals surface area contributed by atoms with Gasteiger partial charge in [0.05, 0.1) is 0 Å². The molecule has 0 saturated carbocycles. The fourth-order valence-corrected chi connectivity index (χ4v) is 2.62. The second-order valence-corrected chi connectivity index (χ2v) is 6.61. The molecule has 0 unspecified atom stereocenters. The molecule has 2 N–H and O–H groups in total. The van der Waals surface area contributed by atoms with Crippen LogP contribution >= 0.6 is 0 Å². The van der Waals surface area contributed by atoms with Gasteiger partial charge in [-0.15, -0.1) is 0 Å². The molecule has 2 heterocycles. The minimum atomic E-state index is -0.0723. The van der Waals surface area contributed by atoms with E-state index in [4.69, 9.17) is 5.84 Å². The Bertz CT molecular complexity index is 930. The Labute approximate surface area is 159 Å². The molecule has 146 valence electrons. The lowest BCUT2D eigenvalue weighted by molar-refractivity contribution is -0.111. The molecule has 2 rings (SSSR count). The van der Waals surface area contributed by atoms with E-state index in [0.717, 1.165) is 22.8 Å². The Morgan fingerprint density at radius 3 is 1.56 bits per heavy atom. The van der Waals surface area contributed by atoms with Crippen molar-refractivity contribution >= 4 is 23.1 Å². The summed E-state index contributed by atoms with van der Waals surface area (Å²) in [7, 11) is 0. The maximum Gasteiger partial charge on any atom is 0.175 e. The highest BCUT2D eigenvalue weighted by molar-refractivity contribution is 6.37. The van der Waals surface area contributed by atoms with Crippen molar-refractivity contribution in [3.63, 3.8) is 0 Å². The molecule has 0 aliphatic carbocycles. The Balaban J connectivity index is 0.000000289. The monoisotopic (exact) mass is 372 g/mol. The van der Waals surface area contributed by atoms with Crippen LogP contribution in [0.3, 0.4) is 0 Å². The van der Waals surface area contributed by atoms with Crippen molar-refractivity contribution in [1.82, 2.24) is 9.35 Å². The number of hydrogen-bond acceptors (Lipinski definition) is 5. The van der Waals surface area contributed by atoms with E-state index in [-0.39, 0.29) is 17.3 Å². The second-order valence-electron chi connectivity index (χ2n) is 6.61. The van der Waals surface area contributed by atoms with Crippen LogP contribution in [0.2, 0.25) is 0 Å². The topological polar surface area (TPSA) is 99.5 Å². The van der Waals surface area contributed by atoms with Crippen LogP contribution in [0.15, 0.2) is 17.2 Å². The average Bonchev–Trinajstić information content (AvgIpc) is 3.00. The maximum absolute atomic E-state index is 11.3. The molecule has 27 heavy (non-hydrogen) atoms. The highest BCUT2D eigenvalue weighted by Gasteiger charge is 2.12. The number of aromatic nitrogens is 2. The molecule has 0 atom stereocenters. The van der Waals surface area contributed by atoms with Crippen molar-refractivity contribution in [2.45, 2.75) is 55.4 Å². The minimum absolute atomic E-state index is 0.00929. The normalized spacial score (nSPS) is 11.0. The summed E-state index contributed by atoms with van der Waals surface area (Å²) in [5.74, 6) is 5.61. The van der Waals surface area contributed by atoms with Gasteiger partial charge in [0.25, 0.3) is 0 Å². The second kappa shape index (κ2) is 8.62. The minimum Gasteiger partial charge on any atom is -0.339 e. The number of rotatable bonds is 4. The van der Waals surface area contributed by atoms with E-state index in [0.29, 0.717) is 16.8 Å². The Morgan fingerprint density at radius 2 is 1.26 bits per heavy atom. The zero-order chi connectivity index (χ0) is 21.0. The van der Waals surface area contributed by atoms with E-state index in [1.807, 2.05) is 27.7 Å². The lowest BCUT2D eigenvalue weighted by Gasteiger charge is -2.03. The van der Waals surface area contributed by atoms with Crippen LogP contribution < -0.4 is 5.84 Å². The molecule has 0 fully saturated rings. The van der Waals surface area contributed by atoms with Crippen LogP contribution in [-0.2, 0) is 4.79 Å². The average molecular weight is 372 g/mol. The molecule has 0 aliphatic heterocycles. The summed E-state index contributed by atoms with van der Waals surface area (Å²) in [4.78, 5) is 33.4. The van der Waals surface area contributed by atoms with Crippen LogP contribution in [0, 0.1) is 27.7 Å². The lowest BCUT2D eigenvalue weighted by Crippen LogP contribution is -2.12. The van der Waals surface area contributed by atoms with E-state index in [2.05, 4.69) is 5.10 Å². The number of carbonyl (C=O) groups is 3. The third-order valence-corrected chi connectivity index (χ3v) is 4.40.